The third-order valence-electron chi connectivity index (χ3n) is 2.52. The van der Waals surface area contributed by atoms with Crippen molar-refractivity contribution in [2.24, 2.45) is 5.92 Å². The second kappa shape index (κ2) is 9.49. The van der Waals surface area contributed by atoms with Gasteiger partial charge >= 0.3 is 0 Å². The number of rotatable bonds is 3. The fraction of sp³-hybridized carbons (Fsp3) is 0.533. The molecule has 1 amide bonds. The number of amides is 1. The number of hydrogen-bond acceptors (Lipinski definition) is 1. The van der Waals surface area contributed by atoms with Crippen LogP contribution in [0.5, 0.6) is 0 Å². The van der Waals surface area contributed by atoms with E-state index in [1.165, 1.54) is 0 Å². The van der Waals surface area contributed by atoms with Crippen LogP contribution in [0.25, 0.3) is 0 Å². The SMILES string of the molecule is CC.CC.O=C(NCc1ccc(Cl)cc1)C1CC1(Cl)Cl. The van der Waals surface area contributed by atoms with Gasteiger partial charge in [-0.05, 0) is 24.1 Å². The summed E-state index contributed by atoms with van der Waals surface area (Å²) in [6.45, 7) is 8.47. The van der Waals surface area contributed by atoms with Crippen molar-refractivity contribution < 1.29 is 4.79 Å². The molecule has 1 saturated carbocycles. The molecule has 1 aromatic carbocycles. The Morgan fingerprint density at radius 3 is 2.05 bits per heavy atom. The van der Waals surface area contributed by atoms with Gasteiger partial charge in [0.25, 0.3) is 0 Å². The van der Waals surface area contributed by atoms with Gasteiger partial charge in [0.1, 0.15) is 4.33 Å². The van der Waals surface area contributed by atoms with Crippen molar-refractivity contribution >= 4 is 40.7 Å². The lowest BCUT2D eigenvalue weighted by atomic mass is 10.2. The number of halogens is 3. The van der Waals surface area contributed by atoms with Gasteiger partial charge in [0, 0.05) is 11.6 Å². The van der Waals surface area contributed by atoms with Crippen LogP contribution in [-0.4, -0.2) is 10.2 Å². The van der Waals surface area contributed by atoms with Crippen LogP contribution in [0.3, 0.4) is 0 Å². The Hall–Kier alpha value is -0.440. The van der Waals surface area contributed by atoms with Crippen molar-refractivity contribution in [1.82, 2.24) is 5.32 Å². The summed E-state index contributed by atoms with van der Waals surface area (Å²) in [6, 6.07) is 7.30. The summed E-state index contributed by atoms with van der Waals surface area (Å²) in [5.41, 5.74) is 0.994. The largest absolute Gasteiger partial charge is 0.352 e. The molecule has 1 N–H and O–H groups in total. The highest BCUT2D eigenvalue weighted by atomic mass is 35.5. The topological polar surface area (TPSA) is 29.1 Å². The van der Waals surface area contributed by atoms with Gasteiger partial charge in [-0.25, -0.2) is 0 Å². The van der Waals surface area contributed by atoms with E-state index in [1.807, 2.05) is 39.8 Å². The highest BCUT2D eigenvalue weighted by Gasteiger charge is 2.56. The fourth-order valence-corrected chi connectivity index (χ4v) is 2.05. The van der Waals surface area contributed by atoms with Gasteiger partial charge in [0.05, 0.1) is 5.92 Å². The summed E-state index contributed by atoms with van der Waals surface area (Å²) in [4.78, 5) is 11.6. The highest BCUT2D eigenvalue weighted by Crippen LogP contribution is 2.53. The standard InChI is InChI=1S/C11H10Cl3NO.2C2H6/c12-8-3-1-7(2-4-8)6-15-10(16)9-5-11(9,13)14;2*1-2/h1-4,9H,5-6H2,(H,15,16);2*1-2H3. The molecule has 0 spiro atoms. The number of benzene rings is 1. The molecule has 1 aromatic rings. The van der Waals surface area contributed by atoms with Crippen LogP contribution in [0.1, 0.15) is 39.7 Å². The van der Waals surface area contributed by atoms with Gasteiger partial charge < -0.3 is 5.32 Å². The van der Waals surface area contributed by atoms with Gasteiger partial charge in [-0.1, -0.05) is 51.4 Å². The molecule has 1 aliphatic carbocycles. The third-order valence-corrected chi connectivity index (χ3v) is 3.61. The maximum Gasteiger partial charge on any atom is 0.226 e. The van der Waals surface area contributed by atoms with Crippen LogP contribution < -0.4 is 5.32 Å². The molecule has 2 nitrogen and oxygen atoms in total. The van der Waals surface area contributed by atoms with Gasteiger partial charge in [-0.2, -0.15) is 0 Å². The Bertz CT molecular complexity index is 404. The van der Waals surface area contributed by atoms with Gasteiger partial charge in [0.2, 0.25) is 5.91 Å². The number of alkyl halides is 2. The Labute approximate surface area is 136 Å². The molecule has 0 aliphatic heterocycles. The minimum atomic E-state index is -0.857. The third kappa shape index (κ3) is 6.34. The zero-order valence-corrected chi connectivity index (χ0v) is 14.6. The van der Waals surface area contributed by atoms with E-state index in [2.05, 4.69) is 5.32 Å². The summed E-state index contributed by atoms with van der Waals surface area (Å²) in [5.74, 6) is -0.372. The quantitative estimate of drug-likeness (QED) is 0.754. The summed E-state index contributed by atoms with van der Waals surface area (Å²) in [5, 5.41) is 3.46. The Morgan fingerprint density at radius 2 is 1.65 bits per heavy atom. The normalized spacial score (nSPS) is 17.9. The maximum absolute atomic E-state index is 11.6. The second-order valence-corrected chi connectivity index (χ2v) is 5.84. The van der Waals surface area contributed by atoms with E-state index in [-0.39, 0.29) is 11.8 Å². The molecule has 0 bridgehead atoms. The minimum absolute atomic E-state index is 0.0973. The average molecular weight is 339 g/mol. The lowest BCUT2D eigenvalue weighted by molar-refractivity contribution is -0.122. The number of carbonyl (C=O) groups excluding carboxylic acids is 1. The molecule has 0 heterocycles. The first-order valence-corrected chi connectivity index (χ1v) is 8.02. The molecule has 114 valence electrons. The van der Waals surface area contributed by atoms with Crippen molar-refractivity contribution in [2.45, 2.75) is 45.0 Å². The zero-order chi connectivity index (χ0) is 15.8. The van der Waals surface area contributed by atoms with Gasteiger partial charge in [-0.15, -0.1) is 23.2 Å². The Kier molecular flexibility index (Phi) is 9.28. The molecule has 2 rings (SSSR count). The number of carbonyl (C=O) groups is 1. The lowest BCUT2D eigenvalue weighted by Crippen LogP contribution is -2.26. The van der Waals surface area contributed by atoms with Crippen LogP contribution >= 0.6 is 34.8 Å². The van der Waals surface area contributed by atoms with Crippen LogP contribution in [0.2, 0.25) is 5.02 Å². The summed E-state index contributed by atoms with van der Waals surface area (Å²) >= 11 is 17.3. The highest BCUT2D eigenvalue weighted by molar-refractivity contribution is 6.52. The van der Waals surface area contributed by atoms with Crippen molar-refractivity contribution in [3.8, 4) is 0 Å². The molecular weight excluding hydrogens is 317 g/mol. The predicted molar refractivity (Wildman–Crippen MR) is 88.5 cm³/mol. The second-order valence-electron chi connectivity index (χ2n) is 3.86. The first-order valence-electron chi connectivity index (χ1n) is 6.89. The molecular formula is C15H22Cl3NO. The van der Waals surface area contributed by atoms with E-state index in [1.54, 1.807) is 12.1 Å². The fourth-order valence-electron chi connectivity index (χ4n) is 1.41. The lowest BCUT2D eigenvalue weighted by Gasteiger charge is -2.05. The van der Waals surface area contributed by atoms with E-state index in [0.717, 1.165) is 5.56 Å². The number of hydrogen-bond donors (Lipinski definition) is 1. The minimum Gasteiger partial charge on any atom is -0.352 e. The number of nitrogens with one attached hydrogen (secondary N) is 1. The van der Waals surface area contributed by atoms with E-state index < -0.39 is 4.33 Å². The van der Waals surface area contributed by atoms with Gasteiger partial charge in [0.15, 0.2) is 0 Å². The average Bonchev–Trinajstić information content (AvgIpc) is 3.11. The predicted octanol–water partition coefficient (Wildman–Crippen LogP) is 5.20. The monoisotopic (exact) mass is 337 g/mol. The van der Waals surface area contributed by atoms with Crippen LogP contribution in [0.4, 0.5) is 0 Å². The van der Waals surface area contributed by atoms with Crippen LogP contribution in [0, 0.1) is 5.92 Å². The van der Waals surface area contributed by atoms with Crippen molar-refractivity contribution in [3.05, 3.63) is 34.9 Å². The molecule has 1 unspecified atom stereocenters. The van der Waals surface area contributed by atoms with Crippen molar-refractivity contribution in [2.75, 3.05) is 0 Å². The Morgan fingerprint density at radius 1 is 1.20 bits per heavy atom. The molecule has 1 fully saturated rings. The molecule has 1 aliphatic rings. The van der Waals surface area contributed by atoms with E-state index in [9.17, 15) is 4.79 Å². The Balaban J connectivity index is 0.000000829. The van der Waals surface area contributed by atoms with E-state index in [4.69, 9.17) is 34.8 Å². The van der Waals surface area contributed by atoms with Crippen molar-refractivity contribution in [3.63, 3.8) is 0 Å². The zero-order valence-electron chi connectivity index (χ0n) is 12.3. The van der Waals surface area contributed by atoms with Crippen LogP contribution in [0.15, 0.2) is 24.3 Å². The molecule has 0 radical (unpaired) electrons. The molecule has 1 atom stereocenters. The molecule has 5 heteroatoms. The molecule has 0 aromatic heterocycles. The smallest absolute Gasteiger partial charge is 0.226 e. The van der Waals surface area contributed by atoms with Crippen LogP contribution in [-0.2, 0) is 11.3 Å². The summed E-state index contributed by atoms with van der Waals surface area (Å²) in [7, 11) is 0. The van der Waals surface area contributed by atoms with E-state index >= 15 is 0 Å². The molecule has 20 heavy (non-hydrogen) atoms. The van der Waals surface area contributed by atoms with Gasteiger partial charge in [-0.3, -0.25) is 4.79 Å². The first kappa shape index (κ1) is 19.6. The maximum atomic E-state index is 11.6. The molecule has 0 saturated heterocycles. The van der Waals surface area contributed by atoms with E-state index in [0.29, 0.717) is 18.0 Å². The summed E-state index contributed by atoms with van der Waals surface area (Å²) < 4.78 is -0.857. The first-order chi connectivity index (χ1) is 9.49. The summed E-state index contributed by atoms with van der Waals surface area (Å²) in [6.07, 6.45) is 0.530. The van der Waals surface area contributed by atoms with Crippen molar-refractivity contribution in [1.29, 1.82) is 0 Å².